The van der Waals surface area contributed by atoms with Crippen LogP contribution in [-0.2, 0) is 28.5 Å². The fourth-order valence-electron chi connectivity index (χ4n) is 1.49. The van der Waals surface area contributed by atoms with E-state index in [4.69, 9.17) is 24.7 Å². The summed E-state index contributed by atoms with van der Waals surface area (Å²) in [6.07, 6.45) is 2.59. The van der Waals surface area contributed by atoms with Gasteiger partial charge in [0, 0.05) is 18.6 Å². The number of carbonyl (C=O) groups excluding carboxylic acids is 2. The highest BCUT2D eigenvalue weighted by Gasteiger charge is 2.20. The Morgan fingerprint density at radius 1 is 0.926 bits per heavy atom. The number of ketones is 1. The van der Waals surface area contributed by atoms with E-state index in [9.17, 15) is 9.59 Å². The molecule has 0 rings (SSSR count). The molecule has 0 radical (unpaired) electrons. The average Bonchev–Trinajstić information content (AvgIpc) is 2.62. The number of nitrogens with two attached hydrogens (primary N) is 1. The van der Waals surface area contributed by atoms with Crippen LogP contribution in [0, 0.1) is 5.41 Å². The number of carbonyl (C=O) groups is 2. The Bertz CT molecular complexity index is 321. The molecule has 0 unspecified atom stereocenters. The average molecular weight is 393 g/mol. The Balaban J connectivity index is 0. The van der Waals surface area contributed by atoms with Gasteiger partial charge in [0.05, 0.1) is 26.4 Å². The number of hydrogen-bond donors (Lipinski definition) is 2. The highest BCUT2D eigenvalue weighted by molar-refractivity contribution is 5.84. The molecule has 0 saturated heterocycles. The van der Waals surface area contributed by atoms with Crippen molar-refractivity contribution in [3.05, 3.63) is 0 Å². The summed E-state index contributed by atoms with van der Waals surface area (Å²) in [5, 5.41) is 3.07. The molecule has 0 bridgehead atoms. The summed E-state index contributed by atoms with van der Waals surface area (Å²) in [4.78, 5) is 20.9. The van der Waals surface area contributed by atoms with Crippen molar-refractivity contribution >= 4 is 12.1 Å². The van der Waals surface area contributed by atoms with E-state index >= 15 is 0 Å². The normalized spacial score (nSPS) is 11.0. The fourth-order valence-corrected chi connectivity index (χ4v) is 1.49. The highest BCUT2D eigenvalue weighted by atomic mass is 16.5. The van der Waals surface area contributed by atoms with Gasteiger partial charge in [0.1, 0.15) is 19.5 Å². The zero-order valence-electron chi connectivity index (χ0n) is 17.6. The lowest BCUT2D eigenvalue weighted by molar-refractivity contribution is -0.131. The molecule has 0 aliphatic rings. The standard InChI is InChI=1S/C11H26N2O3.C8H14O3/c1-13-5-3-7-15-9-11-16-10-8-14-6-2-4-12;1-8(2,3)7(10)6-11-5-4-9/h13H,2-12H2,1H3;4H,5-6H2,1-3H3. The minimum atomic E-state index is -0.372. The Hall–Kier alpha value is -0.900. The molecule has 0 spiro atoms. The van der Waals surface area contributed by atoms with Crippen LogP contribution in [0.5, 0.6) is 0 Å². The van der Waals surface area contributed by atoms with Crippen LogP contribution < -0.4 is 11.1 Å². The van der Waals surface area contributed by atoms with Gasteiger partial charge in [-0.25, -0.2) is 0 Å². The Labute approximate surface area is 164 Å². The molecule has 0 amide bonds. The maximum Gasteiger partial charge on any atom is 0.163 e. The van der Waals surface area contributed by atoms with Crippen molar-refractivity contribution in [2.75, 3.05) is 73.0 Å². The highest BCUT2D eigenvalue weighted by Crippen LogP contribution is 2.13. The Morgan fingerprint density at radius 3 is 1.89 bits per heavy atom. The van der Waals surface area contributed by atoms with Gasteiger partial charge in [0.15, 0.2) is 5.78 Å². The molecule has 0 fully saturated rings. The molecular weight excluding hydrogens is 352 g/mol. The molecule has 0 atom stereocenters. The smallest absolute Gasteiger partial charge is 0.163 e. The molecular formula is C19H40N2O6. The van der Waals surface area contributed by atoms with E-state index in [1.54, 1.807) is 0 Å². The van der Waals surface area contributed by atoms with Crippen LogP contribution in [0.25, 0.3) is 0 Å². The van der Waals surface area contributed by atoms with E-state index in [0.29, 0.717) is 39.3 Å². The van der Waals surface area contributed by atoms with Gasteiger partial charge in [-0.05, 0) is 33.0 Å². The summed E-state index contributed by atoms with van der Waals surface area (Å²) in [5.41, 5.74) is 4.95. The van der Waals surface area contributed by atoms with Crippen molar-refractivity contribution in [2.45, 2.75) is 33.6 Å². The Kier molecular flexibility index (Phi) is 22.4. The number of nitrogens with one attached hydrogen (secondary N) is 1. The third-order valence-electron chi connectivity index (χ3n) is 3.21. The summed E-state index contributed by atoms with van der Waals surface area (Å²) in [6, 6.07) is 0. The largest absolute Gasteiger partial charge is 0.379 e. The van der Waals surface area contributed by atoms with Gasteiger partial charge >= 0.3 is 0 Å². The van der Waals surface area contributed by atoms with E-state index in [1.807, 2.05) is 27.8 Å². The molecule has 0 saturated carbocycles. The lowest BCUT2D eigenvalue weighted by Gasteiger charge is -2.15. The number of rotatable bonds is 17. The van der Waals surface area contributed by atoms with Crippen molar-refractivity contribution < 1.29 is 28.5 Å². The first-order valence-electron chi connectivity index (χ1n) is 9.52. The predicted octanol–water partition coefficient (Wildman–Crippen LogP) is 0.812. The fraction of sp³-hybridized carbons (Fsp3) is 0.895. The monoisotopic (exact) mass is 392 g/mol. The zero-order chi connectivity index (χ0) is 20.8. The summed E-state index contributed by atoms with van der Waals surface area (Å²) in [7, 11) is 1.94. The first kappa shape index (κ1) is 28.3. The third kappa shape index (κ3) is 25.1. The summed E-state index contributed by atoms with van der Waals surface area (Å²) >= 11 is 0. The minimum Gasteiger partial charge on any atom is -0.379 e. The van der Waals surface area contributed by atoms with Gasteiger partial charge in [-0.15, -0.1) is 0 Å². The van der Waals surface area contributed by atoms with Crippen molar-refractivity contribution in [3.8, 4) is 0 Å². The molecule has 162 valence electrons. The molecule has 0 aromatic heterocycles. The van der Waals surface area contributed by atoms with Crippen LogP contribution >= 0.6 is 0 Å². The second kappa shape index (κ2) is 21.4. The van der Waals surface area contributed by atoms with Crippen LogP contribution in [0.15, 0.2) is 0 Å². The minimum absolute atomic E-state index is 0.00181. The number of Topliss-reactive ketones (excluding diaryl/α,β-unsaturated/α-hetero) is 1. The Morgan fingerprint density at radius 2 is 1.44 bits per heavy atom. The molecule has 0 aromatic rings. The lowest BCUT2D eigenvalue weighted by Crippen LogP contribution is -2.25. The first-order valence-corrected chi connectivity index (χ1v) is 9.52. The maximum atomic E-state index is 11.1. The van der Waals surface area contributed by atoms with Crippen LogP contribution in [0.2, 0.25) is 0 Å². The van der Waals surface area contributed by atoms with Gasteiger partial charge < -0.3 is 34.8 Å². The summed E-state index contributed by atoms with van der Waals surface area (Å²) < 4.78 is 20.7. The van der Waals surface area contributed by atoms with Crippen LogP contribution in [0.1, 0.15) is 33.6 Å². The molecule has 8 nitrogen and oxygen atoms in total. The third-order valence-corrected chi connectivity index (χ3v) is 3.21. The zero-order valence-corrected chi connectivity index (χ0v) is 17.6. The summed E-state index contributed by atoms with van der Waals surface area (Å²) in [5.74, 6) is 0.0133. The first-order chi connectivity index (χ1) is 12.9. The van der Waals surface area contributed by atoms with Crippen LogP contribution in [0.4, 0.5) is 0 Å². The predicted molar refractivity (Wildman–Crippen MR) is 106 cm³/mol. The number of aldehydes is 1. The van der Waals surface area contributed by atoms with Crippen molar-refractivity contribution in [3.63, 3.8) is 0 Å². The molecule has 3 N–H and O–H groups in total. The van der Waals surface area contributed by atoms with Crippen LogP contribution in [0.3, 0.4) is 0 Å². The van der Waals surface area contributed by atoms with Gasteiger partial charge in [-0.1, -0.05) is 20.8 Å². The molecule has 27 heavy (non-hydrogen) atoms. The molecule has 0 aliphatic heterocycles. The second-order valence-corrected chi connectivity index (χ2v) is 6.79. The van der Waals surface area contributed by atoms with Gasteiger partial charge in [0.2, 0.25) is 0 Å². The lowest BCUT2D eigenvalue weighted by atomic mass is 9.91. The summed E-state index contributed by atoms with van der Waals surface area (Å²) in [6.45, 7) is 11.2. The van der Waals surface area contributed by atoms with E-state index < -0.39 is 0 Å². The topological polar surface area (TPSA) is 109 Å². The van der Waals surface area contributed by atoms with Gasteiger partial charge in [-0.2, -0.15) is 0 Å². The van der Waals surface area contributed by atoms with Crippen molar-refractivity contribution in [1.82, 2.24) is 5.32 Å². The molecule has 0 heterocycles. The van der Waals surface area contributed by atoms with Crippen LogP contribution in [-0.4, -0.2) is 85.1 Å². The maximum absolute atomic E-state index is 11.1. The second-order valence-electron chi connectivity index (χ2n) is 6.79. The van der Waals surface area contributed by atoms with Gasteiger partial charge in [-0.3, -0.25) is 4.79 Å². The van der Waals surface area contributed by atoms with Crippen molar-refractivity contribution in [1.29, 1.82) is 0 Å². The number of ether oxygens (including phenoxy) is 4. The van der Waals surface area contributed by atoms with Gasteiger partial charge in [0.25, 0.3) is 0 Å². The SMILES string of the molecule is CC(C)(C)C(=O)COCC=O.CNCCCOCCOCCOCCCN. The molecule has 0 aliphatic carbocycles. The van der Waals surface area contributed by atoms with E-state index in [2.05, 4.69) is 5.32 Å². The van der Waals surface area contributed by atoms with Crippen molar-refractivity contribution in [2.24, 2.45) is 11.1 Å². The molecule has 8 heteroatoms. The van der Waals surface area contributed by atoms with E-state index in [1.165, 1.54) is 0 Å². The van der Waals surface area contributed by atoms with E-state index in [0.717, 1.165) is 32.6 Å². The van der Waals surface area contributed by atoms with E-state index in [-0.39, 0.29) is 24.4 Å². The number of hydrogen-bond acceptors (Lipinski definition) is 8. The molecule has 0 aromatic carbocycles. The quantitative estimate of drug-likeness (QED) is 0.276.